The highest BCUT2D eigenvalue weighted by atomic mass is 16.5. The summed E-state index contributed by atoms with van der Waals surface area (Å²) in [7, 11) is 0. The van der Waals surface area contributed by atoms with Crippen LogP contribution in [0.4, 0.5) is 10.5 Å². The number of carbonyl (C=O) groups excluding carboxylic acids is 1. The molecule has 0 atom stereocenters. The van der Waals surface area contributed by atoms with E-state index >= 15 is 0 Å². The summed E-state index contributed by atoms with van der Waals surface area (Å²) in [6, 6.07) is 9.38. The van der Waals surface area contributed by atoms with Crippen LogP contribution < -0.4 is 5.32 Å². The Hall–Kier alpha value is -2.74. The molecule has 1 aromatic carbocycles. The first-order valence-electron chi connectivity index (χ1n) is 5.61. The van der Waals surface area contributed by atoms with Crippen molar-refractivity contribution >= 4 is 11.8 Å². The van der Waals surface area contributed by atoms with E-state index in [9.17, 15) is 4.79 Å². The molecule has 2 aromatic rings. The zero-order valence-corrected chi connectivity index (χ0v) is 10.3. The number of carbonyl (C=O) groups is 1. The highest BCUT2D eigenvalue weighted by molar-refractivity contribution is 5.91. The van der Waals surface area contributed by atoms with Crippen molar-refractivity contribution in [2.75, 3.05) is 11.9 Å². The first-order chi connectivity index (χ1) is 9.22. The van der Waals surface area contributed by atoms with Crippen molar-refractivity contribution in [2.24, 2.45) is 0 Å². The maximum absolute atomic E-state index is 11.5. The van der Waals surface area contributed by atoms with Gasteiger partial charge in [-0.05, 0) is 6.92 Å². The van der Waals surface area contributed by atoms with Crippen molar-refractivity contribution in [2.45, 2.75) is 6.92 Å². The van der Waals surface area contributed by atoms with E-state index in [2.05, 4.69) is 16.4 Å². The number of nitrogens with one attached hydrogen (secondary N) is 1. The number of aryl methyl sites for hydroxylation is 1. The van der Waals surface area contributed by atoms with Gasteiger partial charge < -0.3 is 9.26 Å². The monoisotopic (exact) mass is 256 g/mol. The quantitative estimate of drug-likeness (QED) is 0.857. The van der Waals surface area contributed by atoms with Crippen LogP contribution >= 0.6 is 0 Å². The Kier molecular flexibility index (Phi) is 3.84. The molecule has 0 aliphatic carbocycles. The highest BCUT2D eigenvalue weighted by Gasteiger charge is 2.17. The van der Waals surface area contributed by atoms with E-state index in [4.69, 9.17) is 15.7 Å². The average molecular weight is 256 g/mol. The number of hydrogen-bond acceptors (Lipinski definition) is 4. The summed E-state index contributed by atoms with van der Waals surface area (Å²) in [5.74, 6) is 2.71. The maximum Gasteiger partial charge on any atom is 0.412 e. The van der Waals surface area contributed by atoms with Crippen molar-refractivity contribution in [3.05, 3.63) is 36.1 Å². The molecule has 19 heavy (non-hydrogen) atoms. The fourth-order valence-electron chi connectivity index (χ4n) is 1.56. The largest absolute Gasteiger partial charge is 0.436 e. The average Bonchev–Trinajstić information content (AvgIpc) is 2.79. The summed E-state index contributed by atoms with van der Waals surface area (Å²) >= 11 is 0. The maximum atomic E-state index is 11.5. The lowest BCUT2D eigenvalue weighted by atomic mass is 10.1. The van der Waals surface area contributed by atoms with Gasteiger partial charge in [-0.1, -0.05) is 41.4 Å². The minimum Gasteiger partial charge on any atom is -0.436 e. The summed E-state index contributed by atoms with van der Waals surface area (Å²) < 4.78 is 9.85. The van der Waals surface area contributed by atoms with E-state index in [0.29, 0.717) is 17.1 Å². The molecule has 5 nitrogen and oxygen atoms in total. The van der Waals surface area contributed by atoms with Gasteiger partial charge in [0, 0.05) is 5.56 Å². The Morgan fingerprint density at radius 1 is 1.47 bits per heavy atom. The number of benzene rings is 1. The fraction of sp³-hybridized carbons (Fsp3) is 0.143. The molecule has 1 aromatic heterocycles. The molecule has 2 rings (SSSR count). The third-order valence-corrected chi connectivity index (χ3v) is 2.42. The third kappa shape index (κ3) is 2.93. The van der Waals surface area contributed by atoms with Gasteiger partial charge in [0.1, 0.15) is 11.4 Å². The molecule has 1 N–H and O–H groups in total. The third-order valence-electron chi connectivity index (χ3n) is 2.42. The molecule has 0 radical (unpaired) electrons. The van der Waals surface area contributed by atoms with E-state index in [1.165, 1.54) is 0 Å². The lowest BCUT2D eigenvalue weighted by Gasteiger charge is -2.05. The van der Waals surface area contributed by atoms with E-state index < -0.39 is 6.09 Å². The van der Waals surface area contributed by atoms with Crippen molar-refractivity contribution < 1.29 is 14.1 Å². The number of ether oxygens (including phenoxy) is 1. The summed E-state index contributed by atoms with van der Waals surface area (Å²) in [6.45, 7) is 1.62. The Labute approximate surface area is 110 Å². The zero-order chi connectivity index (χ0) is 13.7. The fourth-order valence-corrected chi connectivity index (χ4v) is 1.56. The van der Waals surface area contributed by atoms with E-state index in [1.807, 2.05) is 30.3 Å². The molecular weight excluding hydrogens is 244 g/mol. The van der Waals surface area contributed by atoms with E-state index in [1.54, 1.807) is 6.92 Å². The molecule has 0 aliphatic heterocycles. The lowest BCUT2D eigenvalue weighted by Crippen LogP contribution is -2.14. The second kappa shape index (κ2) is 5.74. The number of amides is 1. The first-order valence-corrected chi connectivity index (χ1v) is 5.61. The smallest absolute Gasteiger partial charge is 0.412 e. The van der Waals surface area contributed by atoms with Crippen molar-refractivity contribution in [1.82, 2.24) is 5.16 Å². The number of terminal acetylenes is 1. The van der Waals surface area contributed by atoms with Crippen molar-refractivity contribution in [1.29, 1.82) is 0 Å². The predicted molar refractivity (Wildman–Crippen MR) is 70.5 cm³/mol. The highest BCUT2D eigenvalue weighted by Crippen LogP contribution is 2.29. The molecule has 1 heterocycles. The van der Waals surface area contributed by atoms with Gasteiger partial charge in [0.15, 0.2) is 12.4 Å². The van der Waals surface area contributed by atoms with Gasteiger partial charge in [-0.2, -0.15) is 0 Å². The van der Waals surface area contributed by atoms with Crippen LogP contribution in [0.5, 0.6) is 0 Å². The van der Waals surface area contributed by atoms with Gasteiger partial charge in [0.2, 0.25) is 0 Å². The molecular formula is C14H12N2O3. The molecule has 0 saturated carbocycles. The Balaban J connectivity index is 2.24. The Bertz CT molecular complexity index is 611. The number of nitrogens with zero attached hydrogens (tertiary/aromatic N) is 1. The van der Waals surface area contributed by atoms with Crippen LogP contribution in [0.1, 0.15) is 5.76 Å². The van der Waals surface area contributed by atoms with Crippen molar-refractivity contribution in [3.63, 3.8) is 0 Å². The van der Waals surface area contributed by atoms with Gasteiger partial charge in [-0.25, -0.2) is 4.79 Å². The first kappa shape index (κ1) is 12.7. The second-order valence-corrected chi connectivity index (χ2v) is 3.73. The number of anilines is 1. The molecule has 0 saturated heterocycles. The van der Waals surface area contributed by atoms with Gasteiger partial charge in [0.05, 0.1) is 0 Å². The Morgan fingerprint density at radius 3 is 2.89 bits per heavy atom. The molecule has 0 fully saturated rings. The summed E-state index contributed by atoms with van der Waals surface area (Å²) in [6.07, 6.45) is 4.38. The number of rotatable bonds is 3. The topological polar surface area (TPSA) is 64.4 Å². The van der Waals surface area contributed by atoms with Crippen LogP contribution in [0, 0.1) is 19.3 Å². The number of hydrogen-bond donors (Lipinski definition) is 1. The molecule has 0 bridgehead atoms. The lowest BCUT2D eigenvalue weighted by molar-refractivity contribution is 0.176. The SMILES string of the molecule is C#CCOC(=O)Nc1c(-c2ccccc2)noc1C. The molecule has 96 valence electrons. The minimum atomic E-state index is -0.638. The van der Waals surface area contributed by atoms with Crippen LogP contribution in [0.2, 0.25) is 0 Å². The van der Waals surface area contributed by atoms with Gasteiger partial charge in [-0.15, -0.1) is 6.42 Å². The van der Waals surface area contributed by atoms with Gasteiger partial charge in [-0.3, -0.25) is 5.32 Å². The van der Waals surface area contributed by atoms with E-state index in [0.717, 1.165) is 5.56 Å². The van der Waals surface area contributed by atoms with Crippen LogP contribution in [-0.4, -0.2) is 17.9 Å². The molecule has 0 aliphatic rings. The summed E-state index contributed by atoms with van der Waals surface area (Å²) in [4.78, 5) is 11.5. The molecule has 5 heteroatoms. The van der Waals surface area contributed by atoms with E-state index in [-0.39, 0.29) is 6.61 Å². The summed E-state index contributed by atoms with van der Waals surface area (Å²) in [5, 5.41) is 6.51. The second-order valence-electron chi connectivity index (χ2n) is 3.73. The number of aromatic nitrogens is 1. The standard InChI is InChI=1S/C14H12N2O3/c1-3-9-18-14(17)15-12-10(2)19-16-13(12)11-7-5-4-6-8-11/h1,4-8H,9H2,2H3,(H,15,17). The van der Waals surface area contributed by atoms with Gasteiger partial charge >= 0.3 is 6.09 Å². The summed E-state index contributed by atoms with van der Waals surface area (Å²) in [5.41, 5.74) is 1.87. The molecule has 1 amide bonds. The van der Waals surface area contributed by atoms with Crippen LogP contribution in [0.3, 0.4) is 0 Å². The minimum absolute atomic E-state index is 0.0865. The van der Waals surface area contributed by atoms with Crippen LogP contribution in [0.25, 0.3) is 11.3 Å². The normalized spacial score (nSPS) is 9.68. The Morgan fingerprint density at radius 2 is 2.21 bits per heavy atom. The predicted octanol–water partition coefficient (Wildman–Crippen LogP) is 2.83. The van der Waals surface area contributed by atoms with Crippen LogP contribution in [0.15, 0.2) is 34.9 Å². The molecule has 0 unspecified atom stereocenters. The van der Waals surface area contributed by atoms with Gasteiger partial charge in [0.25, 0.3) is 0 Å². The zero-order valence-electron chi connectivity index (χ0n) is 10.3. The molecule has 0 spiro atoms. The van der Waals surface area contributed by atoms with Crippen molar-refractivity contribution in [3.8, 4) is 23.6 Å². The van der Waals surface area contributed by atoms with Crippen LogP contribution in [-0.2, 0) is 4.74 Å².